The lowest BCUT2D eigenvalue weighted by Crippen LogP contribution is -2.40. The summed E-state index contributed by atoms with van der Waals surface area (Å²) >= 11 is 0. The lowest BCUT2D eigenvalue weighted by atomic mass is 10.2. The van der Waals surface area contributed by atoms with E-state index in [0.717, 1.165) is 21.7 Å². The van der Waals surface area contributed by atoms with Crippen molar-refractivity contribution in [2.24, 2.45) is 0 Å². The monoisotopic (exact) mass is 392 g/mol. The molecule has 1 N–H and O–H groups in total. The number of aryl methyl sites for hydroxylation is 1. The van der Waals surface area contributed by atoms with Crippen LogP contribution in [0.25, 0.3) is 0 Å². The molecule has 27 heavy (non-hydrogen) atoms. The average molecular weight is 392 g/mol. The number of hydrogen-bond acceptors (Lipinski definition) is 5. The van der Waals surface area contributed by atoms with Crippen LogP contribution in [0.1, 0.15) is 11.1 Å². The molecule has 0 atom stereocenters. The molecule has 0 bridgehead atoms. The van der Waals surface area contributed by atoms with Crippen LogP contribution in [-0.4, -0.2) is 41.3 Å². The van der Waals surface area contributed by atoms with Crippen molar-refractivity contribution in [1.82, 2.24) is 5.32 Å². The minimum absolute atomic E-state index is 0.241. The first-order valence-electron chi connectivity index (χ1n) is 8.26. The lowest BCUT2D eigenvalue weighted by Gasteiger charge is -2.22. The van der Waals surface area contributed by atoms with E-state index in [1.54, 1.807) is 49.6 Å². The zero-order valence-corrected chi connectivity index (χ0v) is 16.7. The zero-order valence-electron chi connectivity index (χ0n) is 15.9. The van der Waals surface area contributed by atoms with Gasteiger partial charge in [0.2, 0.25) is 15.9 Å². The minimum Gasteiger partial charge on any atom is -0.493 e. The van der Waals surface area contributed by atoms with Crippen molar-refractivity contribution in [3.8, 4) is 11.5 Å². The molecular formula is C19H24N2O5S. The Morgan fingerprint density at radius 3 is 2.22 bits per heavy atom. The van der Waals surface area contributed by atoms with Crippen LogP contribution >= 0.6 is 0 Å². The molecule has 0 aliphatic rings. The van der Waals surface area contributed by atoms with Gasteiger partial charge in [-0.3, -0.25) is 9.10 Å². The summed E-state index contributed by atoms with van der Waals surface area (Å²) in [6.45, 7) is 1.85. The van der Waals surface area contributed by atoms with Gasteiger partial charge in [-0.2, -0.15) is 0 Å². The van der Waals surface area contributed by atoms with E-state index in [0.29, 0.717) is 17.2 Å². The highest BCUT2D eigenvalue weighted by Gasteiger charge is 2.20. The molecular weight excluding hydrogens is 368 g/mol. The first-order chi connectivity index (χ1) is 12.7. The van der Waals surface area contributed by atoms with Gasteiger partial charge in [0.25, 0.3) is 0 Å². The highest BCUT2D eigenvalue weighted by atomic mass is 32.2. The third-order valence-corrected chi connectivity index (χ3v) is 5.09. The molecule has 2 aromatic rings. The summed E-state index contributed by atoms with van der Waals surface area (Å²) in [4.78, 5) is 12.3. The lowest BCUT2D eigenvalue weighted by molar-refractivity contribution is -0.119. The zero-order chi connectivity index (χ0) is 20.0. The molecule has 0 heterocycles. The predicted octanol–water partition coefficient (Wildman–Crippen LogP) is 2.09. The van der Waals surface area contributed by atoms with Crippen molar-refractivity contribution < 1.29 is 22.7 Å². The maximum absolute atomic E-state index is 12.3. The SMILES string of the molecule is COc1ccc(CNC(=O)CN(c2ccc(C)cc2)S(C)(=O)=O)cc1OC. The van der Waals surface area contributed by atoms with Gasteiger partial charge in [-0.1, -0.05) is 23.8 Å². The fraction of sp³-hybridized carbons (Fsp3) is 0.316. The van der Waals surface area contributed by atoms with Crippen molar-refractivity contribution in [3.63, 3.8) is 0 Å². The molecule has 146 valence electrons. The number of hydrogen-bond donors (Lipinski definition) is 1. The number of rotatable bonds is 8. The molecule has 0 aliphatic carbocycles. The van der Waals surface area contributed by atoms with E-state index < -0.39 is 15.9 Å². The van der Waals surface area contributed by atoms with Gasteiger partial charge in [0.15, 0.2) is 11.5 Å². The number of benzene rings is 2. The number of sulfonamides is 1. The van der Waals surface area contributed by atoms with Gasteiger partial charge < -0.3 is 14.8 Å². The van der Waals surface area contributed by atoms with Crippen LogP contribution < -0.4 is 19.1 Å². The topological polar surface area (TPSA) is 84.9 Å². The molecule has 0 unspecified atom stereocenters. The van der Waals surface area contributed by atoms with E-state index in [1.165, 1.54) is 7.11 Å². The van der Waals surface area contributed by atoms with Crippen LogP contribution in [-0.2, 0) is 21.4 Å². The summed E-state index contributed by atoms with van der Waals surface area (Å²) in [5.41, 5.74) is 2.26. The van der Waals surface area contributed by atoms with Gasteiger partial charge in [0.05, 0.1) is 26.2 Å². The number of anilines is 1. The van der Waals surface area contributed by atoms with Crippen molar-refractivity contribution >= 4 is 21.6 Å². The molecule has 7 nitrogen and oxygen atoms in total. The largest absolute Gasteiger partial charge is 0.493 e. The van der Waals surface area contributed by atoms with Gasteiger partial charge in [0, 0.05) is 6.54 Å². The number of nitrogens with zero attached hydrogens (tertiary/aromatic N) is 1. The number of amides is 1. The maximum atomic E-state index is 12.3. The second-order valence-corrected chi connectivity index (χ2v) is 7.98. The third-order valence-electron chi connectivity index (χ3n) is 3.95. The second-order valence-electron chi connectivity index (χ2n) is 6.07. The highest BCUT2D eigenvalue weighted by Crippen LogP contribution is 2.27. The molecule has 2 aromatic carbocycles. The normalized spacial score (nSPS) is 11.0. The van der Waals surface area contributed by atoms with E-state index >= 15 is 0 Å². The van der Waals surface area contributed by atoms with Crippen LogP contribution in [0.15, 0.2) is 42.5 Å². The van der Waals surface area contributed by atoms with Crippen molar-refractivity contribution in [1.29, 1.82) is 0 Å². The fourth-order valence-corrected chi connectivity index (χ4v) is 3.35. The van der Waals surface area contributed by atoms with Crippen LogP contribution in [0.4, 0.5) is 5.69 Å². The Labute approximate surface area is 160 Å². The maximum Gasteiger partial charge on any atom is 0.241 e. The van der Waals surface area contributed by atoms with Crippen LogP contribution in [0, 0.1) is 6.92 Å². The van der Waals surface area contributed by atoms with E-state index in [4.69, 9.17) is 9.47 Å². The van der Waals surface area contributed by atoms with Gasteiger partial charge in [-0.25, -0.2) is 8.42 Å². The first kappa shape index (κ1) is 20.6. The molecule has 0 spiro atoms. The molecule has 8 heteroatoms. The van der Waals surface area contributed by atoms with E-state index in [-0.39, 0.29) is 13.1 Å². The van der Waals surface area contributed by atoms with Gasteiger partial charge in [-0.15, -0.1) is 0 Å². The summed E-state index contributed by atoms with van der Waals surface area (Å²) in [6.07, 6.45) is 1.08. The quantitative estimate of drug-likeness (QED) is 0.744. The Morgan fingerprint density at radius 1 is 1.04 bits per heavy atom. The summed E-state index contributed by atoms with van der Waals surface area (Å²) in [7, 11) is -0.513. The number of carbonyl (C=O) groups excluding carboxylic acids is 1. The Hall–Kier alpha value is -2.74. The molecule has 0 aliphatic heterocycles. The predicted molar refractivity (Wildman–Crippen MR) is 105 cm³/mol. The van der Waals surface area contributed by atoms with Crippen molar-refractivity contribution in [2.45, 2.75) is 13.5 Å². The Balaban J connectivity index is 2.07. The average Bonchev–Trinajstić information content (AvgIpc) is 2.64. The molecule has 1 amide bonds. The Bertz CT molecular complexity index is 895. The summed E-state index contributed by atoms with van der Waals surface area (Å²) in [5, 5.41) is 2.73. The molecule has 0 fully saturated rings. The van der Waals surface area contributed by atoms with Gasteiger partial charge in [0.1, 0.15) is 6.54 Å². The number of ether oxygens (including phenoxy) is 2. The minimum atomic E-state index is -3.59. The van der Waals surface area contributed by atoms with Crippen LogP contribution in [0.2, 0.25) is 0 Å². The van der Waals surface area contributed by atoms with E-state index in [1.807, 2.05) is 6.92 Å². The standard InChI is InChI=1S/C19H24N2O5S/c1-14-5-8-16(9-6-14)21(27(4,23)24)13-19(22)20-12-15-7-10-17(25-2)18(11-15)26-3/h5-11H,12-13H2,1-4H3,(H,20,22). The number of carbonyl (C=O) groups is 1. The summed E-state index contributed by atoms with van der Waals surface area (Å²) < 4.78 is 35.7. The van der Waals surface area contributed by atoms with Gasteiger partial charge in [-0.05, 0) is 36.8 Å². The Morgan fingerprint density at radius 2 is 1.67 bits per heavy atom. The summed E-state index contributed by atoms with van der Waals surface area (Å²) in [6, 6.07) is 12.3. The molecule has 0 saturated carbocycles. The summed E-state index contributed by atoms with van der Waals surface area (Å²) in [5.74, 6) is 0.743. The molecule has 0 aromatic heterocycles. The van der Waals surface area contributed by atoms with E-state index in [9.17, 15) is 13.2 Å². The Kier molecular flexibility index (Phi) is 6.68. The highest BCUT2D eigenvalue weighted by molar-refractivity contribution is 7.92. The van der Waals surface area contributed by atoms with E-state index in [2.05, 4.69) is 5.32 Å². The van der Waals surface area contributed by atoms with Gasteiger partial charge >= 0.3 is 0 Å². The molecule has 0 saturated heterocycles. The molecule has 0 radical (unpaired) electrons. The third kappa shape index (κ3) is 5.62. The second kappa shape index (κ2) is 8.77. The van der Waals surface area contributed by atoms with Crippen LogP contribution in [0.3, 0.4) is 0 Å². The smallest absolute Gasteiger partial charge is 0.241 e. The number of nitrogens with one attached hydrogen (secondary N) is 1. The number of methoxy groups -OCH3 is 2. The van der Waals surface area contributed by atoms with Crippen molar-refractivity contribution in [2.75, 3.05) is 31.3 Å². The first-order valence-corrected chi connectivity index (χ1v) is 10.1. The van der Waals surface area contributed by atoms with Crippen LogP contribution in [0.5, 0.6) is 11.5 Å². The fourth-order valence-electron chi connectivity index (χ4n) is 2.49. The van der Waals surface area contributed by atoms with Crippen molar-refractivity contribution in [3.05, 3.63) is 53.6 Å². The molecule has 2 rings (SSSR count).